The Morgan fingerprint density at radius 2 is 1.92 bits per heavy atom. The van der Waals surface area contributed by atoms with Gasteiger partial charge in [0, 0.05) is 11.6 Å². The van der Waals surface area contributed by atoms with Crippen LogP contribution in [0.2, 0.25) is 0 Å². The molecule has 1 atom stereocenters. The van der Waals surface area contributed by atoms with Crippen LogP contribution in [-0.4, -0.2) is 24.6 Å². The molecular formula is C8H13ClO4. The predicted octanol–water partition coefficient (Wildman–Crippen LogP) is 1.95. The van der Waals surface area contributed by atoms with Crippen molar-refractivity contribution < 1.29 is 19.1 Å². The minimum Gasteiger partial charge on any atom is -0.466 e. The van der Waals surface area contributed by atoms with Gasteiger partial charge in [0.1, 0.15) is 6.61 Å². The lowest BCUT2D eigenvalue weighted by atomic mass is 10.1. The fourth-order valence-corrected chi connectivity index (χ4v) is 0.842. The van der Waals surface area contributed by atoms with E-state index in [1.165, 1.54) is 0 Å². The molecule has 0 bridgehead atoms. The highest BCUT2D eigenvalue weighted by molar-refractivity contribution is 6.61. The summed E-state index contributed by atoms with van der Waals surface area (Å²) in [4.78, 5) is 21.4. The molecule has 0 fully saturated rings. The predicted molar refractivity (Wildman–Crippen MR) is 47.6 cm³/mol. The number of ether oxygens (including phenoxy) is 2. The zero-order valence-corrected chi connectivity index (χ0v) is 8.47. The quantitative estimate of drug-likeness (QED) is 0.512. The fraction of sp³-hybridized carbons (Fsp3) is 0.750. The van der Waals surface area contributed by atoms with Crippen molar-refractivity contribution in [3.63, 3.8) is 0 Å². The van der Waals surface area contributed by atoms with Crippen molar-refractivity contribution in [1.29, 1.82) is 0 Å². The summed E-state index contributed by atoms with van der Waals surface area (Å²) in [5.41, 5.74) is -0.900. The lowest BCUT2D eigenvalue weighted by Gasteiger charge is -2.11. The molecule has 0 spiro atoms. The topological polar surface area (TPSA) is 52.6 Å². The van der Waals surface area contributed by atoms with Crippen molar-refractivity contribution in [1.82, 2.24) is 0 Å². The fourth-order valence-electron chi connectivity index (χ4n) is 0.779. The van der Waals surface area contributed by atoms with Gasteiger partial charge in [-0.1, -0.05) is 6.92 Å². The van der Waals surface area contributed by atoms with Gasteiger partial charge in [-0.05, 0) is 13.3 Å². The van der Waals surface area contributed by atoms with E-state index in [-0.39, 0.29) is 12.6 Å². The second-order valence-electron chi connectivity index (χ2n) is 2.41. The van der Waals surface area contributed by atoms with Gasteiger partial charge in [-0.3, -0.25) is 4.79 Å². The first kappa shape index (κ1) is 12.2. The summed E-state index contributed by atoms with van der Waals surface area (Å²) >= 11 is 4.95. The van der Waals surface area contributed by atoms with Crippen molar-refractivity contribution in [3.8, 4) is 0 Å². The molecule has 0 aromatic heterocycles. The van der Waals surface area contributed by atoms with Crippen LogP contribution in [-0.2, 0) is 14.3 Å². The Labute approximate surface area is 82.1 Å². The van der Waals surface area contributed by atoms with E-state index in [2.05, 4.69) is 4.74 Å². The Morgan fingerprint density at radius 1 is 1.31 bits per heavy atom. The Morgan fingerprint density at radius 3 is 2.31 bits per heavy atom. The van der Waals surface area contributed by atoms with Crippen LogP contribution in [0.3, 0.4) is 0 Å². The van der Waals surface area contributed by atoms with Gasteiger partial charge in [-0.25, -0.2) is 4.79 Å². The summed E-state index contributed by atoms with van der Waals surface area (Å²) in [6.07, 6.45) is 0.559. The van der Waals surface area contributed by atoms with Crippen molar-refractivity contribution in [2.45, 2.75) is 20.3 Å². The Kier molecular flexibility index (Phi) is 6.32. The monoisotopic (exact) mass is 208 g/mol. The molecule has 1 unspecified atom stereocenters. The largest absolute Gasteiger partial charge is 0.466 e. The Balaban J connectivity index is 3.87. The summed E-state index contributed by atoms with van der Waals surface area (Å²) in [6.45, 7) is 3.84. The maximum absolute atomic E-state index is 11.1. The molecule has 0 saturated carbocycles. The average Bonchev–Trinajstić information content (AvgIpc) is 2.05. The maximum Gasteiger partial charge on any atom is 0.403 e. The van der Waals surface area contributed by atoms with Gasteiger partial charge in [0.05, 0.1) is 12.5 Å². The van der Waals surface area contributed by atoms with E-state index in [1.807, 2.05) is 6.92 Å². The number of rotatable bonds is 5. The highest BCUT2D eigenvalue weighted by atomic mass is 35.5. The maximum atomic E-state index is 11.1. The SMILES string of the molecule is CCOC(=O)C(CC)COC(=O)Cl. The zero-order valence-electron chi connectivity index (χ0n) is 7.71. The van der Waals surface area contributed by atoms with Gasteiger partial charge in [-0.15, -0.1) is 0 Å². The van der Waals surface area contributed by atoms with E-state index in [1.54, 1.807) is 6.92 Å². The molecule has 4 nitrogen and oxygen atoms in total. The van der Waals surface area contributed by atoms with Crippen LogP contribution in [0.25, 0.3) is 0 Å². The minimum absolute atomic E-state index is 0.0162. The molecule has 0 N–H and O–H groups in total. The first-order chi connectivity index (χ1) is 6.11. The first-order valence-electron chi connectivity index (χ1n) is 4.10. The number of halogens is 1. The number of carbonyl (C=O) groups excluding carboxylic acids is 2. The third kappa shape index (κ3) is 5.47. The number of hydrogen-bond acceptors (Lipinski definition) is 4. The third-order valence-corrected chi connectivity index (χ3v) is 1.62. The van der Waals surface area contributed by atoms with Crippen molar-refractivity contribution >= 4 is 23.0 Å². The lowest BCUT2D eigenvalue weighted by molar-refractivity contribution is -0.149. The van der Waals surface area contributed by atoms with Crippen LogP contribution in [0.4, 0.5) is 4.79 Å². The molecule has 76 valence electrons. The second kappa shape index (κ2) is 6.71. The molecule has 0 aromatic rings. The van der Waals surface area contributed by atoms with E-state index in [0.29, 0.717) is 13.0 Å². The molecule has 13 heavy (non-hydrogen) atoms. The van der Waals surface area contributed by atoms with Gasteiger partial charge in [0.25, 0.3) is 0 Å². The summed E-state index contributed by atoms with van der Waals surface area (Å²) in [5.74, 6) is -0.773. The van der Waals surface area contributed by atoms with E-state index >= 15 is 0 Å². The molecular weight excluding hydrogens is 196 g/mol. The standard InChI is InChI=1S/C8H13ClO4/c1-3-6(5-13-8(9)11)7(10)12-4-2/h6H,3-5H2,1-2H3. The van der Waals surface area contributed by atoms with Gasteiger partial charge in [0.2, 0.25) is 0 Å². The van der Waals surface area contributed by atoms with Crippen LogP contribution < -0.4 is 0 Å². The summed E-state index contributed by atoms with van der Waals surface area (Å²) in [6, 6.07) is 0. The summed E-state index contributed by atoms with van der Waals surface area (Å²) < 4.78 is 9.24. The number of esters is 1. The smallest absolute Gasteiger partial charge is 0.403 e. The van der Waals surface area contributed by atoms with Crippen LogP contribution in [0, 0.1) is 5.92 Å². The first-order valence-corrected chi connectivity index (χ1v) is 4.48. The third-order valence-electron chi connectivity index (χ3n) is 1.51. The van der Waals surface area contributed by atoms with E-state index in [0.717, 1.165) is 0 Å². The lowest BCUT2D eigenvalue weighted by Crippen LogP contribution is -2.22. The second-order valence-corrected chi connectivity index (χ2v) is 2.71. The number of hydrogen-bond donors (Lipinski definition) is 0. The molecule has 0 saturated heterocycles. The molecule has 0 aliphatic rings. The van der Waals surface area contributed by atoms with Crippen LogP contribution in [0.1, 0.15) is 20.3 Å². The van der Waals surface area contributed by atoms with Crippen LogP contribution in [0.5, 0.6) is 0 Å². The van der Waals surface area contributed by atoms with Crippen molar-refractivity contribution in [2.75, 3.05) is 13.2 Å². The Bertz CT molecular complexity index is 181. The van der Waals surface area contributed by atoms with Gasteiger partial charge >= 0.3 is 11.4 Å². The molecule has 0 heterocycles. The Hall–Kier alpha value is -0.770. The minimum atomic E-state index is -0.900. The molecule has 0 radical (unpaired) electrons. The van der Waals surface area contributed by atoms with E-state index in [4.69, 9.17) is 16.3 Å². The average molecular weight is 209 g/mol. The normalized spacial score (nSPS) is 11.9. The van der Waals surface area contributed by atoms with Crippen molar-refractivity contribution in [3.05, 3.63) is 0 Å². The van der Waals surface area contributed by atoms with E-state index < -0.39 is 11.3 Å². The van der Waals surface area contributed by atoms with Gasteiger partial charge < -0.3 is 9.47 Å². The van der Waals surface area contributed by atoms with Crippen LogP contribution in [0.15, 0.2) is 0 Å². The molecule has 0 amide bonds. The zero-order chi connectivity index (χ0) is 10.3. The highest BCUT2D eigenvalue weighted by Crippen LogP contribution is 2.07. The molecule has 0 aliphatic heterocycles. The number of carbonyl (C=O) groups is 2. The van der Waals surface area contributed by atoms with Gasteiger partial charge in [-0.2, -0.15) is 0 Å². The molecule has 5 heteroatoms. The molecule has 0 aliphatic carbocycles. The summed E-state index contributed by atoms with van der Waals surface area (Å²) in [5, 5.41) is 0. The molecule has 0 rings (SSSR count). The summed E-state index contributed by atoms with van der Waals surface area (Å²) in [7, 11) is 0. The van der Waals surface area contributed by atoms with Gasteiger partial charge in [0.15, 0.2) is 0 Å². The molecule has 0 aromatic carbocycles. The van der Waals surface area contributed by atoms with E-state index in [9.17, 15) is 9.59 Å². The van der Waals surface area contributed by atoms with Crippen LogP contribution >= 0.6 is 11.6 Å². The highest BCUT2D eigenvalue weighted by Gasteiger charge is 2.18. The van der Waals surface area contributed by atoms with Crippen molar-refractivity contribution in [2.24, 2.45) is 5.92 Å².